The highest BCUT2D eigenvalue weighted by atomic mass is 16.7. The largest absolute Gasteiger partial charge is 0.507 e. The summed E-state index contributed by atoms with van der Waals surface area (Å²) in [5, 5.41) is 14.2. The molecule has 2 N–H and O–H groups in total. The van der Waals surface area contributed by atoms with E-state index in [1.807, 2.05) is 47.6 Å². The number of rotatable bonds is 3. The van der Waals surface area contributed by atoms with Crippen molar-refractivity contribution in [2.45, 2.75) is 118 Å². The highest BCUT2D eigenvalue weighted by molar-refractivity contribution is 6.32. The van der Waals surface area contributed by atoms with E-state index < -0.39 is 76.3 Å². The molecule has 0 radical (unpaired) electrons. The summed E-state index contributed by atoms with van der Waals surface area (Å²) in [6.45, 7) is 18.2. The van der Waals surface area contributed by atoms with Gasteiger partial charge in [0, 0.05) is 68.9 Å². The molecule has 1 aromatic carbocycles. The third-order valence-corrected chi connectivity index (χ3v) is 12.1. The standard InChI is InChI=1S/C44H56N2O12/c1-21-15-14-16-22(2)42(52)45-32-33(46-18-12-13-19-46)36(50)29-30(35(32)49)34(48)24(4)40-31(29)41(51)44(10,58-40)54-20-17-28(53-11)23(3)38(55-27(7)47)26(6)39-25(5)37(21)56-43(8,9)57-39/h14-17,20-21,23,25-26,28,37-39,48H,12-13,18-19H2,1-11H3,(H,45,52). The minimum absolute atomic E-state index is 0.0473. The normalized spacial score (nSPS) is 32.8. The van der Waals surface area contributed by atoms with Gasteiger partial charge >= 0.3 is 11.8 Å². The molecule has 6 aliphatic rings. The second-order valence-electron chi connectivity index (χ2n) is 16.8. The van der Waals surface area contributed by atoms with Gasteiger partial charge in [0.05, 0.1) is 41.3 Å². The van der Waals surface area contributed by atoms with E-state index >= 15 is 0 Å². The fourth-order valence-corrected chi connectivity index (χ4v) is 9.00. The van der Waals surface area contributed by atoms with Gasteiger partial charge in [-0.05, 0) is 46.6 Å². The lowest BCUT2D eigenvalue weighted by Gasteiger charge is -2.50. The molecule has 14 nitrogen and oxygen atoms in total. The monoisotopic (exact) mass is 804 g/mol. The van der Waals surface area contributed by atoms with Gasteiger partial charge in [0.25, 0.3) is 11.7 Å². The van der Waals surface area contributed by atoms with E-state index in [0.717, 1.165) is 12.8 Å². The molecule has 314 valence electrons. The Morgan fingerprint density at radius 1 is 0.897 bits per heavy atom. The van der Waals surface area contributed by atoms with Crippen molar-refractivity contribution in [3.8, 4) is 11.5 Å². The Bertz CT molecular complexity index is 2020. The second-order valence-corrected chi connectivity index (χ2v) is 16.8. The van der Waals surface area contributed by atoms with Crippen molar-refractivity contribution in [1.82, 2.24) is 10.2 Å². The molecule has 0 saturated carbocycles. The second kappa shape index (κ2) is 16.1. The number of hydrogen-bond acceptors (Lipinski definition) is 13. The van der Waals surface area contributed by atoms with Crippen LogP contribution in [0.5, 0.6) is 11.5 Å². The number of likely N-dealkylation sites (tertiary alicyclic amines) is 1. The number of allylic oxidation sites excluding steroid dienone is 4. The number of nitrogens with zero attached hydrogens (tertiary/aromatic N) is 1. The summed E-state index contributed by atoms with van der Waals surface area (Å²) >= 11 is 0. The molecule has 5 heterocycles. The maximum atomic E-state index is 14.7. The Labute approximate surface area is 339 Å². The van der Waals surface area contributed by atoms with Crippen LogP contribution in [0.1, 0.15) is 112 Å². The van der Waals surface area contributed by atoms with Crippen LogP contribution in [0.4, 0.5) is 0 Å². The van der Waals surface area contributed by atoms with E-state index in [9.17, 15) is 29.1 Å². The molecule has 9 atom stereocenters. The van der Waals surface area contributed by atoms with E-state index in [4.69, 9.17) is 28.4 Å². The lowest BCUT2D eigenvalue weighted by atomic mass is 9.77. The van der Waals surface area contributed by atoms with Crippen LogP contribution in [0.3, 0.4) is 0 Å². The molecule has 9 unspecified atom stereocenters. The van der Waals surface area contributed by atoms with Crippen LogP contribution < -0.4 is 10.1 Å². The first kappa shape index (κ1) is 42.8. The van der Waals surface area contributed by atoms with Gasteiger partial charge in [-0.1, -0.05) is 45.9 Å². The summed E-state index contributed by atoms with van der Waals surface area (Å²) in [5.74, 6) is -8.18. The highest BCUT2D eigenvalue weighted by Crippen LogP contribution is 2.49. The number of amides is 1. The highest BCUT2D eigenvalue weighted by Gasteiger charge is 2.53. The SMILES string of the molecule is COC1C=COC2(C)Oc3c(C)c(O)c4c(c3C2=O)C(=O)C(N2CCCC2)=C(NC(=O)C(C)=CC=CC(C)C2OC(C)(C)OC(C2C)C(C)C(OC(C)=O)C1C)C4=O. The van der Waals surface area contributed by atoms with Gasteiger partial charge in [-0.3, -0.25) is 24.0 Å². The van der Waals surface area contributed by atoms with Gasteiger partial charge in [0.1, 0.15) is 29.0 Å². The summed E-state index contributed by atoms with van der Waals surface area (Å²) < 4.78 is 37.1. The van der Waals surface area contributed by atoms with Gasteiger partial charge in [0.15, 0.2) is 5.79 Å². The smallest absolute Gasteiger partial charge is 0.312 e. The Morgan fingerprint density at radius 3 is 2.19 bits per heavy atom. The number of aromatic hydroxyl groups is 1. The summed E-state index contributed by atoms with van der Waals surface area (Å²) in [6, 6.07) is 0. The summed E-state index contributed by atoms with van der Waals surface area (Å²) in [5.41, 5.74) is -0.937. The van der Waals surface area contributed by atoms with E-state index in [1.54, 1.807) is 30.1 Å². The minimum Gasteiger partial charge on any atom is -0.507 e. The Kier molecular flexibility index (Phi) is 11.9. The van der Waals surface area contributed by atoms with Crippen molar-refractivity contribution in [1.29, 1.82) is 0 Å². The molecular weight excluding hydrogens is 748 g/mol. The first-order chi connectivity index (χ1) is 27.2. The molecule has 2 saturated heterocycles. The number of ether oxygens (including phenoxy) is 6. The van der Waals surface area contributed by atoms with Crippen LogP contribution in [0.15, 0.2) is 47.5 Å². The van der Waals surface area contributed by atoms with Crippen molar-refractivity contribution in [2.75, 3.05) is 20.2 Å². The molecule has 58 heavy (non-hydrogen) atoms. The molecule has 14 heteroatoms. The van der Waals surface area contributed by atoms with Crippen molar-refractivity contribution in [3.63, 3.8) is 0 Å². The fraction of sp³-hybridized carbons (Fsp3) is 0.568. The van der Waals surface area contributed by atoms with Crippen LogP contribution in [0.25, 0.3) is 0 Å². The summed E-state index contributed by atoms with van der Waals surface area (Å²) in [7, 11) is 1.50. The number of fused-ring (bicyclic) bond motifs is 10. The molecule has 0 aromatic heterocycles. The number of carbonyl (C=O) groups excluding carboxylic acids is 5. The summed E-state index contributed by atoms with van der Waals surface area (Å²) in [6.07, 6.45) is 7.44. The van der Waals surface area contributed by atoms with Crippen LogP contribution >= 0.6 is 0 Å². The fourth-order valence-electron chi connectivity index (χ4n) is 9.00. The maximum Gasteiger partial charge on any atom is 0.312 e. The lowest BCUT2D eigenvalue weighted by Crippen LogP contribution is -2.56. The first-order valence-electron chi connectivity index (χ1n) is 20.0. The zero-order chi connectivity index (χ0) is 42.6. The van der Waals surface area contributed by atoms with Crippen LogP contribution in [0.2, 0.25) is 0 Å². The van der Waals surface area contributed by atoms with Gasteiger partial charge in [-0.2, -0.15) is 0 Å². The molecule has 7 rings (SSSR count). The number of nitrogens with one attached hydrogen (secondary N) is 1. The third-order valence-electron chi connectivity index (χ3n) is 12.1. The summed E-state index contributed by atoms with van der Waals surface area (Å²) in [4.78, 5) is 71.7. The van der Waals surface area contributed by atoms with Crippen molar-refractivity contribution >= 4 is 29.2 Å². The average Bonchev–Trinajstić information content (AvgIpc) is 3.79. The lowest BCUT2D eigenvalue weighted by molar-refractivity contribution is -0.336. The van der Waals surface area contributed by atoms with Gasteiger partial charge < -0.3 is 43.7 Å². The average molecular weight is 805 g/mol. The van der Waals surface area contributed by atoms with Crippen molar-refractivity contribution in [3.05, 3.63) is 69.8 Å². The topological polar surface area (TPSA) is 176 Å². The molecule has 0 spiro atoms. The number of Topliss-reactive ketones (excluding diaryl/α,β-unsaturated/α-hetero) is 3. The number of carbonyl (C=O) groups is 5. The zero-order valence-corrected chi connectivity index (χ0v) is 35.2. The quantitative estimate of drug-likeness (QED) is 0.348. The molecule has 7 bridgehead atoms. The number of phenolic OH excluding ortho intramolecular Hbond substituents is 1. The minimum atomic E-state index is -2.02. The Hall–Kier alpha value is -4.79. The van der Waals surface area contributed by atoms with Crippen LogP contribution in [-0.4, -0.2) is 95.4 Å². The molecule has 5 aliphatic heterocycles. The number of benzene rings is 1. The zero-order valence-electron chi connectivity index (χ0n) is 35.2. The number of hydrogen-bond donors (Lipinski definition) is 2. The molecular formula is C44H56N2O12. The van der Waals surface area contributed by atoms with E-state index in [2.05, 4.69) is 5.32 Å². The van der Waals surface area contributed by atoms with Gasteiger partial charge in [-0.25, -0.2) is 0 Å². The van der Waals surface area contributed by atoms with E-state index in [0.29, 0.717) is 13.1 Å². The van der Waals surface area contributed by atoms with Crippen molar-refractivity contribution in [2.24, 2.45) is 23.7 Å². The van der Waals surface area contributed by atoms with Gasteiger partial charge in [0.2, 0.25) is 11.6 Å². The number of methoxy groups -OCH3 is 1. The van der Waals surface area contributed by atoms with Crippen LogP contribution in [-0.2, 0) is 33.3 Å². The van der Waals surface area contributed by atoms with E-state index in [-0.39, 0.29) is 63.3 Å². The number of phenols is 1. The Balaban J connectivity index is 1.50. The number of ketones is 3. The maximum absolute atomic E-state index is 14.7. The molecule has 1 aliphatic carbocycles. The predicted octanol–water partition coefficient (Wildman–Crippen LogP) is 5.85. The molecule has 1 amide bonds. The van der Waals surface area contributed by atoms with E-state index in [1.165, 1.54) is 34.1 Å². The van der Waals surface area contributed by atoms with Crippen LogP contribution in [0, 0.1) is 30.6 Å². The van der Waals surface area contributed by atoms with Crippen molar-refractivity contribution < 1.29 is 57.5 Å². The first-order valence-corrected chi connectivity index (χ1v) is 20.0. The van der Waals surface area contributed by atoms with Gasteiger partial charge in [-0.15, -0.1) is 0 Å². The molecule has 1 aromatic rings. The number of esters is 1. The Morgan fingerprint density at radius 2 is 1.55 bits per heavy atom. The molecule has 2 fully saturated rings. The third kappa shape index (κ3) is 7.61. The predicted molar refractivity (Wildman–Crippen MR) is 211 cm³/mol.